The summed E-state index contributed by atoms with van der Waals surface area (Å²) < 4.78 is 0. The average molecular weight is 279 g/mol. The molecule has 0 atom stereocenters. The second-order valence-corrected chi connectivity index (χ2v) is 4.70. The molecule has 1 aliphatic rings. The van der Waals surface area contributed by atoms with Crippen molar-refractivity contribution in [2.45, 2.75) is 24.8 Å². The summed E-state index contributed by atoms with van der Waals surface area (Å²) in [7, 11) is 0. The van der Waals surface area contributed by atoms with E-state index in [0.717, 1.165) is 12.1 Å². The van der Waals surface area contributed by atoms with Crippen molar-refractivity contribution in [1.29, 1.82) is 0 Å². The van der Waals surface area contributed by atoms with Crippen LogP contribution in [0, 0.1) is 0 Å². The van der Waals surface area contributed by atoms with Crippen molar-refractivity contribution in [3.63, 3.8) is 0 Å². The van der Waals surface area contributed by atoms with Crippen molar-refractivity contribution in [2.24, 2.45) is 5.73 Å². The topological polar surface area (TPSA) is 138 Å². The first kappa shape index (κ1) is 14.0. The molecule has 5 N–H and O–H groups in total. The van der Waals surface area contributed by atoms with Gasteiger partial charge in [0.05, 0.1) is 0 Å². The van der Waals surface area contributed by atoms with Crippen molar-refractivity contribution in [3.8, 4) is 11.5 Å². The molecule has 0 unspecified atom stereocenters. The molecular formula is C13H13NO6. The maximum atomic E-state index is 11.9. The number of hydrogen-bond donors (Lipinski definition) is 4. The monoisotopic (exact) mass is 279 g/mol. The van der Waals surface area contributed by atoms with Gasteiger partial charge in [-0.2, -0.15) is 0 Å². The van der Waals surface area contributed by atoms with E-state index < -0.39 is 40.1 Å². The summed E-state index contributed by atoms with van der Waals surface area (Å²) in [4.78, 5) is 34.7. The van der Waals surface area contributed by atoms with E-state index in [0.29, 0.717) is 6.42 Å². The van der Waals surface area contributed by atoms with Crippen molar-refractivity contribution in [3.05, 3.63) is 23.3 Å². The van der Waals surface area contributed by atoms with Crippen molar-refractivity contribution in [2.75, 3.05) is 0 Å². The van der Waals surface area contributed by atoms with E-state index in [9.17, 15) is 24.6 Å². The maximum Gasteiger partial charge on any atom is 0.343 e. The van der Waals surface area contributed by atoms with Crippen molar-refractivity contribution >= 4 is 17.5 Å². The molecule has 1 aromatic carbocycles. The number of aromatic hydroxyl groups is 2. The lowest BCUT2D eigenvalue weighted by Crippen LogP contribution is -2.53. The number of benzene rings is 1. The molecule has 0 spiro atoms. The van der Waals surface area contributed by atoms with Crippen molar-refractivity contribution < 1.29 is 29.7 Å². The van der Waals surface area contributed by atoms with Crippen LogP contribution in [0.5, 0.6) is 11.5 Å². The minimum atomic E-state index is -1.94. The maximum absolute atomic E-state index is 11.9. The first-order valence-corrected chi connectivity index (χ1v) is 5.93. The lowest BCUT2D eigenvalue weighted by molar-refractivity contribution is -0.137. The van der Waals surface area contributed by atoms with Gasteiger partial charge in [-0.15, -0.1) is 0 Å². The molecule has 1 saturated carbocycles. The number of aromatic carboxylic acids is 1. The van der Waals surface area contributed by atoms with Gasteiger partial charge in [0.1, 0.15) is 17.1 Å². The number of hydrogen-bond acceptors (Lipinski definition) is 6. The van der Waals surface area contributed by atoms with E-state index in [1.54, 1.807) is 0 Å². The Hall–Kier alpha value is -2.41. The Bertz CT molecular complexity index is 582. The molecule has 7 nitrogen and oxygen atoms in total. The second-order valence-electron chi connectivity index (χ2n) is 4.70. The molecule has 0 radical (unpaired) electrons. The van der Waals surface area contributed by atoms with Gasteiger partial charge in [0.15, 0.2) is 17.1 Å². The third kappa shape index (κ3) is 1.92. The molecule has 106 valence electrons. The highest BCUT2D eigenvalue weighted by molar-refractivity contribution is 6.13. The Kier molecular flexibility index (Phi) is 3.23. The smallest absolute Gasteiger partial charge is 0.343 e. The van der Waals surface area contributed by atoms with E-state index in [2.05, 4.69) is 0 Å². The summed E-state index contributed by atoms with van der Waals surface area (Å²) in [6, 6.07) is 1.87. The molecule has 2 rings (SSSR count). The predicted molar refractivity (Wildman–Crippen MR) is 66.5 cm³/mol. The van der Waals surface area contributed by atoms with Gasteiger partial charge < -0.3 is 21.1 Å². The highest BCUT2D eigenvalue weighted by Gasteiger charge is 2.45. The lowest BCUT2D eigenvalue weighted by Gasteiger charge is -2.30. The predicted octanol–water partition coefficient (Wildman–Crippen LogP) is 0.272. The molecule has 0 aromatic heterocycles. The zero-order chi connectivity index (χ0) is 15.1. The Balaban J connectivity index is 2.61. The number of carboxylic acid groups (broad SMARTS) is 1. The third-order valence-electron chi connectivity index (χ3n) is 3.45. The Morgan fingerprint density at radius 1 is 1.10 bits per heavy atom. The van der Waals surface area contributed by atoms with Crippen LogP contribution in [-0.4, -0.2) is 32.9 Å². The van der Waals surface area contributed by atoms with Crippen molar-refractivity contribution in [1.82, 2.24) is 0 Å². The Morgan fingerprint density at radius 3 is 1.95 bits per heavy atom. The van der Waals surface area contributed by atoms with Crippen LogP contribution in [0.1, 0.15) is 35.2 Å². The largest absolute Gasteiger partial charge is 0.507 e. The first-order valence-electron chi connectivity index (χ1n) is 5.93. The van der Waals surface area contributed by atoms with Crippen LogP contribution in [0.3, 0.4) is 0 Å². The molecule has 1 fully saturated rings. The molecule has 0 saturated heterocycles. The minimum absolute atomic E-state index is 0.104. The third-order valence-corrected chi connectivity index (χ3v) is 3.45. The fraction of sp³-hybridized carbons (Fsp3) is 0.308. The number of rotatable bonds is 2. The first-order chi connectivity index (χ1) is 9.28. The van der Waals surface area contributed by atoms with E-state index in [-0.39, 0.29) is 18.4 Å². The zero-order valence-corrected chi connectivity index (χ0v) is 10.4. The molecule has 1 aromatic rings. The standard InChI is InChI=1S/C13H13NO6/c14-13(9(17)2-1-3-10(13)18)6-4-7(15)11(12(19)20)8(16)5-6/h4-5,15-16H,1-3,14H2,(H,19,20). The van der Waals surface area contributed by atoms with Crippen LogP contribution in [0.2, 0.25) is 0 Å². The highest BCUT2D eigenvalue weighted by Crippen LogP contribution is 2.36. The average Bonchev–Trinajstić information content (AvgIpc) is 2.34. The molecule has 20 heavy (non-hydrogen) atoms. The molecule has 0 heterocycles. The van der Waals surface area contributed by atoms with Gasteiger partial charge in [-0.3, -0.25) is 9.59 Å². The SMILES string of the molecule is NC1(c2cc(O)c(C(=O)O)c(O)c2)C(=O)CCCC1=O. The van der Waals surface area contributed by atoms with Crippen LogP contribution in [0.15, 0.2) is 12.1 Å². The van der Waals surface area contributed by atoms with E-state index in [1.807, 2.05) is 0 Å². The number of ketones is 2. The molecule has 0 amide bonds. The zero-order valence-electron chi connectivity index (χ0n) is 10.4. The second kappa shape index (κ2) is 4.61. The fourth-order valence-electron chi connectivity index (χ4n) is 2.34. The van der Waals surface area contributed by atoms with E-state index >= 15 is 0 Å². The van der Waals surface area contributed by atoms with Gasteiger partial charge in [-0.05, 0) is 24.1 Å². The number of carboxylic acids is 1. The summed E-state index contributed by atoms with van der Waals surface area (Å²) in [6.07, 6.45) is 0.636. The molecular weight excluding hydrogens is 266 g/mol. The van der Waals surface area contributed by atoms with Crippen LogP contribution in [0.4, 0.5) is 0 Å². The van der Waals surface area contributed by atoms with Crippen LogP contribution < -0.4 is 5.73 Å². The Morgan fingerprint density at radius 2 is 1.55 bits per heavy atom. The molecule has 1 aliphatic carbocycles. The van der Waals surface area contributed by atoms with Gasteiger partial charge in [-0.1, -0.05) is 0 Å². The fourth-order valence-corrected chi connectivity index (χ4v) is 2.34. The Labute approximate surface area is 113 Å². The number of nitrogens with two attached hydrogens (primary N) is 1. The van der Waals surface area contributed by atoms with Gasteiger partial charge in [0.25, 0.3) is 0 Å². The van der Waals surface area contributed by atoms with E-state index in [4.69, 9.17) is 10.8 Å². The molecule has 0 bridgehead atoms. The summed E-state index contributed by atoms with van der Waals surface area (Å²) >= 11 is 0. The lowest BCUT2D eigenvalue weighted by atomic mass is 9.75. The molecule has 0 aliphatic heterocycles. The van der Waals surface area contributed by atoms with Gasteiger partial charge in [0, 0.05) is 12.8 Å². The summed E-state index contributed by atoms with van der Waals surface area (Å²) in [5.74, 6) is -4.06. The van der Waals surface area contributed by atoms with Crippen LogP contribution in [-0.2, 0) is 15.1 Å². The normalized spacial score (nSPS) is 18.1. The number of carbonyl (C=O) groups is 3. The number of Topliss-reactive ketones (excluding diaryl/α,β-unsaturated/α-hetero) is 2. The van der Waals surface area contributed by atoms with Gasteiger partial charge in [0.2, 0.25) is 0 Å². The van der Waals surface area contributed by atoms with E-state index in [1.165, 1.54) is 0 Å². The number of carbonyl (C=O) groups excluding carboxylic acids is 2. The minimum Gasteiger partial charge on any atom is -0.507 e. The van der Waals surface area contributed by atoms with Gasteiger partial charge >= 0.3 is 5.97 Å². The summed E-state index contributed by atoms with van der Waals surface area (Å²) in [6.45, 7) is 0. The van der Waals surface area contributed by atoms with Crippen LogP contribution in [0.25, 0.3) is 0 Å². The quantitative estimate of drug-likeness (QED) is 0.570. The summed E-state index contributed by atoms with van der Waals surface area (Å²) in [5.41, 5.74) is 3.12. The summed E-state index contributed by atoms with van der Waals surface area (Å²) in [5, 5.41) is 28.1. The highest BCUT2D eigenvalue weighted by atomic mass is 16.4. The van der Waals surface area contributed by atoms with Crippen LogP contribution >= 0.6 is 0 Å². The number of phenols is 2. The molecule has 7 heteroatoms. The van der Waals surface area contributed by atoms with Gasteiger partial charge in [-0.25, -0.2) is 4.79 Å².